The molecule has 1 aliphatic rings. The van der Waals surface area contributed by atoms with Gasteiger partial charge in [-0.25, -0.2) is 14.0 Å². The second-order valence-corrected chi connectivity index (χ2v) is 9.85. The van der Waals surface area contributed by atoms with Crippen molar-refractivity contribution < 1.29 is 23.5 Å². The molecule has 3 N–H and O–H groups in total. The van der Waals surface area contributed by atoms with E-state index in [4.69, 9.17) is 4.74 Å². The van der Waals surface area contributed by atoms with Crippen molar-refractivity contribution in [3.63, 3.8) is 0 Å². The monoisotopic (exact) mass is 511 g/mol. The number of methoxy groups -OCH3 is 1. The van der Waals surface area contributed by atoms with Gasteiger partial charge in [0.05, 0.1) is 18.4 Å². The highest BCUT2D eigenvalue weighted by Crippen LogP contribution is 2.28. The lowest BCUT2D eigenvalue weighted by molar-refractivity contribution is -0.144. The van der Waals surface area contributed by atoms with Crippen molar-refractivity contribution in [3.8, 4) is 0 Å². The number of esters is 1. The third-order valence-corrected chi connectivity index (χ3v) is 6.99. The van der Waals surface area contributed by atoms with Crippen LogP contribution in [0.15, 0.2) is 30.3 Å². The van der Waals surface area contributed by atoms with Gasteiger partial charge in [-0.15, -0.1) is 0 Å². The minimum Gasteiger partial charge on any atom is -0.467 e. The van der Waals surface area contributed by atoms with Crippen LogP contribution in [0, 0.1) is 25.6 Å². The van der Waals surface area contributed by atoms with E-state index in [0.29, 0.717) is 5.69 Å². The summed E-state index contributed by atoms with van der Waals surface area (Å²) < 4.78 is 19.1. The Morgan fingerprint density at radius 3 is 2.32 bits per heavy atom. The number of hydrogen-bond acceptors (Lipinski definition) is 4. The second kappa shape index (κ2) is 13.2. The van der Waals surface area contributed by atoms with Crippen LogP contribution < -0.4 is 16.0 Å². The third kappa shape index (κ3) is 7.54. The van der Waals surface area contributed by atoms with Crippen molar-refractivity contribution in [1.29, 1.82) is 0 Å². The van der Waals surface area contributed by atoms with E-state index in [1.165, 1.54) is 18.7 Å². The lowest BCUT2D eigenvalue weighted by Gasteiger charge is -2.29. The van der Waals surface area contributed by atoms with E-state index in [9.17, 15) is 18.8 Å². The molecule has 1 fully saturated rings. The molecule has 0 unspecified atom stereocenters. The summed E-state index contributed by atoms with van der Waals surface area (Å²) in [6, 6.07) is 6.25. The molecule has 2 aromatic rings. The average molecular weight is 512 g/mol. The van der Waals surface area contributed by atoms with E-state index in [-0.39, 0.29) is 17.2 Å². The molecule has 0 aromatic heterocycles. The molecule has 1 atom stereocenters. The molecule has 0 bridgehead atoms. The standard InChI is InChI=1S/C29H38FN3O4/c1-5-6-10-20-15-18(2)25(19(3)16-20)33-29(36)31-24-17-22(30)13-14-23(24)27(34)32-26(28(35)37-4)21-11-8-7-9-12-21/h13-17,21,26H,5-12H2,1-4H3,(H,32,34)(H2,31,33,36)/t26-/m0/s1. The number of benzene rings is 2. The van der Waals surface area contributed by atoms with Gasteiger partial charge in [0.2, 0.25) is 0 Å². The molecule has 37 heavy (non-hydrogen) atoms. The summed E-state index contributed by atoms with van der Waals surface area (Å²) in [5, 5.41) is 8.22. The van der Waals surface area contributed by atoms with Gasteiger partial charge in [0.25, 0.3) is 5.91 Å². The smallest absolute Gasteiger partial charge is 0.328 e. The molecule has 7 nitrogen and oxygen atoms in total. The first-order valence-electron chi connectivity index (χ1n) is 13.1. The summed E-state index contributed by atoms with van der Waals surface area (Å²) in [7, 11) is 1.29. The van der Waals surface area contributed by atoms with E-state index < -0.39 is 29.8 Å². The first-order valence-corrected chi connectivity index (χ1v) is 13.1. The summed E-state index contributed by atoms with van der Waals surface area (Å²) in [4.78, 5) is 38.6. The van der Waals surface area contributed by atoms with Gasteiger partial charge in [0.1, 0.15) is 11.9 Å². The number of anilines is 2. The summed E-state index contributed by atoms with van der Waals surface area (Å²) in [5.41, 5.74) is 3.80. The van der Waals surface area contributed by atoms with E-state index >= 15 is 0 Å². The van der Waals surface area contributed by atoms with Crippen LogP contribution in [0.3, 0.4) is 0 Å². The molecular weight excluding hydrogens is 473 g/mol. The largest absolute Gasteiger partial charge is 0.467 e. The Hall–Kier alpha value is -3.42. The molecule has 0 radical (unpaired) electrons. The Kier molecular flexibility index (Phi) is 10.1. The Balaban J connectivity index is 1.77. The fraction of sp³-hybridized carbons (Fsp3) is 0.483. The number of halogens is 1. The zero-order valence-electron chi connectivity index (χ0n) is 22.2. The SMILES string of the molecule is CCCCc1cc(C)c(NC(=O)Nc2cc(F)ccc2C(=O)N[C@H](C(=O)OC)C2CCCCC2)c(C)c1. The first-order chi connectivity index (χ1) is 17.7. The van der Waals surface area contributed by atoms with Crippen LogP contribution in [0.2, 0.25) is 0 Å². The van der Waals surface area contributed by atoms with Crippen LogP contribution in [0.25, 0.3) is 0 Å². The number of aryl methyl sites for hydroxylation is 3. The number of nitrogens with one attached hydrogen (secondary N) is 3. The Labute approximate surface area is 218 Å². The van der Waals surface area contributed by atoms with Gasteiger partial charge >= 0.3 is 12.0 Å². The highest BCUT2D eigenvalue weighted by molar-refractivity contribution is 6.07. The number of carbonyl (C=O) groups excluding carboxylic acids is 3. The molecule has 2 aromatic carbocycles. The lowest BCUT2D eigenvalue weighted by atomic mass is 9.83. The van der Waals surface area contributed by atoms with Gasteiger partial charge in [-0.3, -0.25) is 4.79 Å². The summed E-state index contributed by atoms with van der Waals surface area (Å²) in [5.74, 6) is -1.72. The van der Waals surface area contributed by atoms with Gasteiger partial charge in [-0.05, 0) is 80.3 Å². The topological polar surface area (TPSA) is 96.5 Å². The average Bonchev–Trinajstić information content (AvgIpc) is 2.88. The molecule has 0 spiro atoms. The zero-order valence-corrected chi connectivity index (χ0v) is 22.2. The van der Waals surface area contributed by atoms with Gasteiger partial charge in [-0.2, -0.15) is 0 Å². The molecule has 0 aliphatic heterocycles. The molecule has 0 heterocycles. The van der Waals surface area contributed by atoms with Crippen molar-refractivity contribution in [3.05, 3.63) is 58.4 Å². The van der Waals surface area contributed by atoms with Crippen LogP contribution in [0.5, 0.6) is 0 Å². The van der Waals surface area contributed by atoms with Crippen molar-refractivity contribution in [2.45, 2.75) is 78.2 Å². The number of amides is 3. The Morgan fingerprint density at radius 1 is 1.03 bits per heavy atom. The van der Waals surface area contributed by atoms with Gasteiger partial charge in [-0.1, -0.05) is 44.7 Å². The lowest BCUT2D eigenvalue weighted by Crippen LogP contribution is -2.47. The van der Waals surface area contributed by atoms with Crippen molar-refractivity contribution in [2.75, 3.05) is 17.7 Å². The van der Waals surface area contributed by atoms with Crippen LogP contribution in [-0.4, -0.2) is 31.1 Å². The normalized spacial score (nSPS) is 14.5. The fourth-order valence-electron chi connectivity index (χ4n) is 5.04. The number of ether oxygens (including phenoxy) is 1. The number of carbonyl (C=O) groups is 3. The molecular formula is C29H38FN3O4. The zero-order chi connectivity index (χ0) is 26.9. The molecule has 8 heteroatoms. The highest BCUT2D eigenvalue weighted by Gasteiger charge is 2.32. The Bertz CT molecular complexity index is 1110. The van der Waals surface area contributed by atoms with Crippen molar-refractivity contribution >= 4 is 29.3 Å². The van der Waals surface area contributed by atoms with Crippen LogP contribution in [-0.2, 0) is 16.0 Å². The minimum atomic E-state index is -0.805. The molecule has 0 saturated heterocycles. The van der Waals surface area contributed by atoms with Crippen LogP contribution in [0.4, 0.5) is 20.6 Å². The number of hydrogen-bond donors (Lipinski definition) is 3. The second-order valence-electron chi connectivity index (χ2n) is 9.85. The van der Waals surface area contributed by atoms with Gasteiger partial charge in [0, 0.05) is 5.69 Å². The molecule has 200 valence electrons. The van der Waals surface area contributed by atoms with E-state index in [2.05, 4.69) is 35.0 Å². The number of urea groups is 1. The quantitative estimate of drug-likeness (QED) is 0.345. The Morgan fingerprint density at radius 2 is 1.70 bits per heavy atom. The van der Waals surface area contributed by atoms with Crippen molar-refractivity contribution in [2.24, 2.45) is 5.92 Å². The molecule has 3 rings (SSSR count). The minimum absolute atomic E-state index is 0.0112. The summed E-state index contributed by atoms with van der Waals surface area (Å²) >= 11 is 0. The molecule has 1 saturated carbocycles. The van der Waals surface area contributed by atoms with E-state index in [0.717, 1.165) is 74.6 Å². The third-order valence-electron chi connectivity index (χ3n) is 6.99. The maximum atomic E-state index is 14.1. The predicted octanol–water partition coefficient (Wildman–Crippen LogP) is 6.28. The van der Waals surface area contributed by atoms with Crippen LogP contribution >= 0.6 is 0 Å². The summed E-state index contributed by atoms with van der Waals surface area (Å²) in [6.45, 7) is 6.00. The van der Waals surface area contributed by atoms with Crippen molar-refractivity contribution in [1.82, 2.24) is 5.32 Å². The van der Waals surface area contributed by atoms with Crippen LogP contribution in [0.1, 0.15) is 78.9 Å². The maximum absolute atomic E-state index is 14.1. The van der Waals surface area contributed by atoms with Gasteiger partial charge in [0.15, 0.2) is 0 Å². The van der Waals surface area contributed by atoms with Gasteiger partial charge < -0.3 is 20.7 Å². The maximum Gasteiger partial charge on any atom is 0.328 e. The van der Waals surface area contributed by atoms with E-state index in [1.54, 1.807) is 0 Å². The fourth-order valence-corrected chi connectivity index (χ4v) is 5.04. The number of unbranched alkanes of at least 4 members (excludes halogenated alkanes) is 1. The predicted molar refractivity (Wildman–Crippen MR) is 143 cm³/mol. The first kappa shape index (κ1) is 28.2. The summed E-state index contributed by atoms with van der Waals surface area (Å²) in [6.07, 6.45) is 7.85. The molecule has 1 aliphatic carbocycles. The van der Waals surface area contributed by atoms with E-state index in [1.807, 2.05) is 13.8 Å². The number of rotatable bonds is 9. The molecule has 3 amide bonds. The highest BCUT2D eigenvalue weighted by atomic mass is 19.1.